The summed E-state index contributed by atoms with van der Waals surface area (Å²) in [7, 11) is 0. The molecule has 1 aromatic heterocycles. The SMILES string of the molecule is CCCCOc1ccc(C(=O)NCc2sc(-c3ccccc3)nc2C)cc1. The van der Waals surface area contributed by atoms with Crippen LogP contribution in [0.1, 0.15) is 40.7 Å². The Morgan fingerprint density at radius 2 is 1.85 bits per heavy atom. The molecule has 0 atom stereocenters. The molecule has 140 valence electrons. The first-order valence-corrected chi connectivity index (χ1v) is 10.0. The molecule has 0 spiro atoms. The molecule has 1 heterocycles. The highest BCUT2D eigenvalue weighted by atomic mass is 32.1. The van der Waals surface area contributed by atoms with Crippen LogP contribution in [-0.4, -0.2) is 17.5 Å². The van der Waals surface area contributed by atoms with E-state index >= 15 is 0 Å². The minimum absolute atomic E-state index is 0.0934. The summed E-state index contributed by atoms with van der Waals surface area (Å²) in [6.45, 7) is 5.29. The van der Waals surface area contributed by atoms with E-state index in [-0.39, 0.29) is 5.91 Å². The normalized spacial score (nSPS) is 10.6. The molecular formula is C22H24N2O2S. The number of ether oxygens (including phenoxy) is 1. The van der Waals surface area contributed by atoms with Crippen LogP contribution in [0.5, 0.6) is 5.75 Å². The van der Waals surface area contributed by atoms with E-state index in [1.165, 1.54) is 0 Å². The zero-order chi connectivity index (χ0) is 19.1. The summed E-state index contributed by atoms with van der Waals surface area (Å²) < 4.78 is 5.63. The third-order valence-corrected chi connectivity index (χ3v) is 5.41. The number of rotatable bonds is 8. The van der Waals surface area contributed by atoms with Crippen molar-refractivity contribution in [3.63, 3.8) is 0 Å². The molecule has 3 aromatic rings. The van der Waals surface area contributed by atoms with Crippen LogP contribution in [0.25, 0.3) is 10.6 Å². The van der Waals surface area contributed by atoms with E-state index in [0.717, 1.165) is 39.7 Å². The molecule has 1 amide bonds. The lowest BCUT2D eigenvalue weighted by atomic mass is 10.2. The van der Waals surface area contributed by atoms with Gasteiger partial charge in [0, 0.05) is 16.0 Å². The molecular weight excluding hydrogens is 356 g/mol. The molecule has 2 aromatic carbocycles. The third-order valence-electron chi connectivity index (χ3n) is 4.21. The number of carbonyl (C=O) groups is 1. The molecule has 27 heavy (non-hydrogen) atoms. The Morgan fingerprint density at radius 1 is 1.11 bits per heavy atom. The lowest BCUT2D eigenvalue weighted by Gasteiger charge is -2.07. The van der Waals surface area contributed by atoms with E-state index in [9.17, 15) is 4.79 Å². The molecule has 0 unspecified atom stereocenters. The van der Waals surface area contributed by atoms with Gasteiger partial charge in [0.25, 0.3) is 5.91 Å². The van der Waals surface area contributed by atoms with Crippen LogP contribution in [0.2, 0.25) is 0 Å². The highest BCUT2D eigenvalue weighted by Crippen LogP contribution is 2.27. The predicted octanol–water partition coefficient (Wildman–Crippen LogP) is 5.23. The number of aryl methyl sites for hydroxylation is 1. The molecule has 4 nitrogen and oxygen atoms in total. The maximum Gasteiger partial charge on any atom is 0.251 e. The minimum Gasteiger partial charge on any atom is -0.494 e. The summed E-state index contributed by atoms with van der Waals surface area (Å²) in [4.78, 5) is 18.1. The van der Waals surface area contributed by atoms with Crippen molar-refractivity contribution in [2.75, 3.05) is 6.61 Å². The van der Waals surface area contributed by atoms with Crippen LogP contribution >= 0.6 is 11.3 Å². The number of thiazole rings is 1. The molecule has 0 saturated carbocycles. The van der Waals surface area contributed by atoms with Crippen LogP contribution in [-0.2, 0) is 6.54 Å². The summed E-state index contributed by atoms with van der Waals surface area (Å²) in [6, 6.07) is 17.4. The van der Waals surface area contributed by atoms with Crippen LogP contribution < -0.4 is 10.1 Å². The molecule has 1 N–H and O–H groups in total. The van der Waals surface area contributed by atoms with Crippen molar-refractivity contribution in [1.82, 2.24) is 10.3 Å². The Morgan fingerprint density at radius 3 is 2.56 bits per heavy atom. The zero-order valence-electron chi connectivity index (χ0n) is 15.7. The number of carbonyl (C=O) groups excluding carboxylic acids is 1. The standard InChI is InChI=1S/C22H24N2O2S/c1-3-4-14-26-19-12-10-17(11-13-19)21(25)23-15-20-16(2)24-22(27-20)18-8-6-5-7-9-18/h5-13H,3-4,14-15H2,1-2H3,(H,23,25). The fourth-order valence-electron chi connectivity index (χ4n) is 2.60. The monoisotopic (exact) mass is 380 g/mol. The van der Waals surface area contributed by atoms with Crippen LogP contribution in [0.3, 0.4) is 0 Å². The number of aromatic nitrogens is 1. The predicted molar refractivity (Wildman–Crippen MR) is 110 cm³/mol. The Kier molecular flexibility index (Phi) is 6.60. The van der Waals surface area contributed by atoms with Gasteiger partial charge in [-0.3, -0.25) is 4.79 Å². The van der Waals surface area contributed by atoms with E-state index in [1.807, 2.05) is 49.4 Å². The van der Waals surface area contributed by atoms with E-state index in [1.54, 1.807) is 23.5 Å². The molecule has 0 aliphatic carbocycles. The fraction of sp³-hybridized carbons (Fsp3) is 0.273. The maximum absolute atomic E-state index is 12.4. The summed E-state index contributed by atoms with van der Waals surface area (Å²) in [6.07, 6.45) is 2.13. The Bertz CT molecular complexity index is 873. The number of hydrogen-bond acceptors (Lipinski definition) is 4. The molecule has 5 heteroatoms. The first kappa shape index (κ1) is 19.1. The lowest BCUT2D eigenvalue weighted by molar-refractivity contribution is 0.0951. The first-order chi connectivity index (χ1) is 13.2. The van der Waals surface area contributed by atoms with Crippen molar-refractivity contribution in [3.8, 4) is 16.3 Å². The van der Waals surface area contributed by atoms with Crippen molar-refractivity contribution in [2.45, 2.75) is 33.2 Å². The highest BCUT2D eigenvalue weighted by Gasteiger charge is 2.11. The first-order valence-electron chi connectivity index (χ1n) is 9.20. The van der Waals surface area contributed by atoms with E-state index in [0.29, 0.717) is 18.7 Å². The van der Waals surface area contributed by atoms with Crippen molar-refractivity contribution in [1.29, 1.82) is 0 Å². The number of benzene rings is 2. The van der Waals surface area contributed by atoms with Gasteiger partial charge >= 0.3 is 0 Å². The smallest absolute Gasteiger partial charge is 0.251 e. The van der Waals surface area contributed by atoms with Gasteiger partial charge in [0.1, 0.15) is 10.8 Å². The van der Waals surface area contributed by atoms with Gasteiger partial charge in [-0.2, -0.15) is 0 Å². The minimum atomic E-state index is -0.0934. The van der Waals surface area contributed by atoms with Gasteiger partial charge in [-0.25, -0.2) is 4.98 Å². The number of amides is 1. The van der Waals surface area contributed by atoms with E-state index in [4.69, 9.17) is 4.74 Å². The number of nitrogens with one attached hydrogen (secondary N) is 1. The molecule has 3 rings (SSSR count). The Labute approximate surface area is 164 Å². The van der Waals surface area contributed by atoms with Gasteiger partial charge in [0.05, 0.1) is 18.8 Å². The van der Waals surface area contributed by atoms with Gasteiger partial charge < -0.3 is 10.1 Å². The van der Waals surface area contributed by atoms with Crippen molar-refractivity contribution in [2.24, 2.45) is 0 Å². The molecule has 0 radical (unpaired) electrons. The number of nitrogens with zero attached hydrogens (tertiary/aromatic N) is 1. The van der Waals surface area contributed by atoms with Crippen LogP contribution in [0, 0.1) is 6.92 Å². The second-order valence-electron chi connectivity index (χ2n) is 6.30. The summed E-state index contributed by atoms with van der Waals surface area (Å²) in [5, 5.41) is 3.96. The van der Waals surface area contributed by atoms with Gasteiger partial charge in [-0.1, -0.05) is 43.7 Å². The Balaban J connectivity index is 1.58. The zero-order valence-corrected chi connectivity index (χ0v) is 16.5. The second-order valence-corrected chi connectivity index (χ2v) is 7.39. The van der Waals surface area contributed by atoms with Crippen molar-refractivity contribution < 1.29 is 9.53 Å². The van der Waals surface area contributed by atoms with Crippen LogP contribution in [0.4, 0.5) is 0 Å². The molecule has 0 bridgehead atoms. The van der Waals surface area contributed by atoms with Gasteiger partial charge in [-0.15, -0.1) is 11.3 Å². The average Bonchev–Trinajstić information content (AvgIpc) is 3.08. The Hall–Kier alpha value is -2.66. The van der Waals surface area contributed by atoms with Gasteiger partial charge in [0.15, 0.2) is 0 Å². The number of unbranched alkanes of at least 4 members (excludes halogenated alkanes) is 1. The third kappa shape index (κ3) is 5.17. The second kappa shape index (κ2) is 9.33. The van der Waals surface area contributed by atoms with Crippen LogP contribution in [0.15, 0.2) is 54.6 Å². The quantitative estimate of drug-likeness (QED) is 0.545. The lowest BCUT2D eigenvalue weighted by Crippen LogP contribution is -2.22. The molecule has 0 aliphatic heterocycles. The van der Waals surface area contributed by atoms with Gasteiger partial charge in [-0.05, 0) is 37.6 Å². The van der Waals surface area contributed by atoms with Crippen molar-refractivity contribution >= 4 is 17.2 Å². The maximum atomic E-state index is 12.4. The number of hydrogen-bond donors (Lipinski definition) is 1. The summed E-state index contributed by atoms with van der Waals surface area (Å²) in [5.41, 5.74) is 2.68. The fourth-order valence-corrected chi connectivity index (χ4v) is 3.60. The van der Waals surface area contributed by atoms with E-state index in [2.05, 4.69) is 17.2 Å². The molecule has 0 saturated heterocycles. The largest absolute Gasteiger partial charge is 0.494 e. The molecule has 0 aliphatic rings. The summed E-state index contributed by atoms with van der Waals surface area (Å²) >= 11 is 1.62. The van der Waals surface area contributed by atoms with Crippen molar-refractivity contribution in [3.05, 3.63) is 70.7 Å². The van der Waals surface area contributed by atoms with E-state index < -0.39 is 0 Å². The van der Waals surface area contributed by atoms with Gasteiger partial charge in [0.2, 0.25) is 0 Å². The summed E-state index contributed by atoms with van der Waals surface area (Å²) in [5.74, 6) is 0.704. The highest BCUT2D eigenvalue weighted by molar-refractivity contribution is 7.15. The average molecular weight is 381 g/mol. The topological polar surface area (TPSA) is 51.2 Å². The molecule has 0 fully saturated rings.